The van der Waals surface area contributed by atoms with Gasteiger partial charge in [0.15, 0.2) is 0 Å². The van der Waals surface area contributed by atoms with Gasteiger partial charge in [0.05, 0.1) is 5.25 Å². The third-order valence-electron chi connectivity index (χ3n) is 6.47. The molecule has 4 aliphatic rings. The van der Waals surface area contributed by atoms with E-state index in [2.05, 4.69) is 20.8 Å². The first-order chi connectivity index (χ1) is 16.7. The Bertz CT molecular complexity index is 1160. The molecular weight excluding hydrogens is 494 g/mol. The molecule has 35 heavy (non-hydrogen) atoms. The molecule has 1 aromatic heterocycles. The van der Waals surface area contributed by atoms with Crippen molar-refractivity contribution in [2.45, 2.75) is 48.0 Å². The summed E-state index contributed by atoms with van der Waals surface area (Å²) >= 11 is 2.54. The lowest BCUT2D eigenvalue weighted by atomic mass is 10.0. The summed E-state index contributed by atoms with van der Waals surface area (Å²) in [5.74, 6) is -1.20. The van der Waals surface area contributed by atoms with Crippen LogP contribution in [-0.4, -0.2) is 94.3 Å². The van der Waals surface area contributed by atoms with Gasteiger partial charge < -0.3 is 15.3 Å². The highest BCUT2D eigenvalue weighted by Gasteiger charge is 2.54. The first-order valence-corrected chi connectivity index (χ1v) is 13.3. The van der Waals surface area contributed by atoms with Crippen molar-refractivity contribution in [1.29, 1.82) is 0 Å². The van der Waals surface area contributed by atoms with Crippen LogP contribution in [0, 0.1) is 5.92 Å². The fraction of sp³-hybridized carbons (Fsp3) is 0.571. The van der Waals surface area contributed by atoms with Crippen LogP contribution in [0.2, 0.25) is 0 Å². The number of allylic oxidation sites excluding steroid dienone is 1. The number of aryl methyl sites for hydroxylation is 1. The third-order valence-corrected chi connectivity index (χ3v) is 8.89. The summed E-state index contributed by atoms with van der Waals surface area (Å²) < 4.78 is 1.45. The predicted octanol–water partition coefficient (Wildman–Crippen LogP) is -0.00200. The maximum absolute atomic E-state index is 12.9. The molecule has 3 unspecified atom stereocenters. The van der Waals surface area contributed by atoms with Crippen LogP contribution in [-0.2, 0) is 26.2 Å². The quantitative estimate of drug-likeness (QED) is 0.273. The van der Waals surface area contributed by atoms with Crippen LogP contribution in [0.1, 0.15) is 26.2 Å². The molecule has 3 atom stereocenters. The van der Waals surface area contributed by atoms with E-state index in [0.29, 0.717) is 40.9 Å². The Morgan fingerprint density at radius 3 is 2.77 bits per heavy atom. The molecule has 2 saturated heterocycles. The summed E-state index contributed by atoms with van der Waals surface area (Å²) in [6.07, 6.45) is 4.52. The van der Waals surface area contributed by atoms with E-state index >= 15 is 0 Å². The normalized spacial score (nSPS) is 26.2. The molecular formula is C21H25N7O5S2. The zero-order valence-electron chi connectivity index (χ0n) is 19.2. The van der Waals surface area contributed by atoms with Crippen LogP contribution in [0.25, 0.3) is 0 Å². The Labute approximate surface area is 209 Å². The van der Waals surface area contributed by atoms with E-state index in [1.165, 1.54) is 21.3 Å². The molecule has 0 spiro atoms. The lowest BCUT2D eigenvalue weighted by Gasteiger charge is -2.49. The first-order valence-electron chi connectivity index (χ1n) is 11.3. The lowest BCUT2D eigenvalue weighted by Crippen LogP contribution is -2.71. The number of nitrogens with one attached hydrogen (secondary N) is 1. The number of carboxylic acids is 1. The van der Waals surface area contributed by atoms with Gasteiger partial charge in [-0.15, -0.1) is 16.9 Å². The molecule has 0 radical (unpaired) electrons. The molecule has 12 nitrogen and oxygen atoms in total. The number of fused-ring (bicyclic) bond motifs is 1. The topological polar surface area (TPSA) is 151 Å². The largest absolute Gasteiger partial charge is 0.477 e. The Kier molecular flexibility index (Phi) is 6.34. The highest BCUT2D eigenvalue weighted by molar-refractivity contribution is 8.00. The maximum Gasteiger partial charge on any atom is 0.352 e. The number of likely N-dealkylation sites (tertiary alicyclic amines) is 1. The van der Waals surface area contributed by atoms with Gasteiger partial charge in [0, 0.05) is 31.5 Å². The molecule has 0 aromatic carbocycles. The fourth-order valence-corrected chi connectivity index (χ4v) is 6.42. The van der Waals surface area contributed by atoms with Crippen molar-refractivity contribution < 1.29 is 24.3 Å². The van der Waals surface area contributed by atoms with Crippen molar-refractivity contribution in [3.63, 3.8) is 0 Å². The predicted molar refractivity (Wildman–Crippen MR) is 126 cm³/mol. The number of β-lactam (4-membered cyclic amide) rings is 1. The van der Waals surface area contributed by atoms with Gasteiger partial charge in [0.2, 0.25) is 17.0 Å². The Hall–Kier alpha value is -2.87. The van der Waals surface area contributed by atoms with Gasteiger partial charge in [-0.05, 0) is 54.2 Å². The highest BCUT2D eigenvalue weighted by Crippen LogP contribution is 2.41. The van der Waals surface area contributed by atoms with E-state index in [-0.39, 0.29) is 17.5 Å². The summed E-state index contributed by atoms with van der Waals surface area (Å²) in [6, 6.07) is -0.820. The SMILES string of the molecule is CC(Sc1nnnn1C)C(=O)NC1C(=O)N2C(C(=O)O)=C(/C=C3\CCN(CC4CC4)C3=O)CSC12. The molecule has 5 rings (SSSR count). The number of hydrogen-bond donors (Lipinski definition) is 2. The molecule has 3 amide bonds. The van der Waals surface area contributed by atoms with Crippen LogP contribution in [0.3, 0.4) is 0 Å². The Morgan fingerprint density at radius 1 is 1.34 bits per heavy atom. The molecule has 4 heterocycles. The van der Waals surface area contributed by atoms with Gasteiger partial charge in [-0.1, -0.05) is 11.8 Å². The molecule has 3 fully saturated rings. The Balaban J connectivity index is 1.27. The minimum Gasteiger partial charge on any atom is -0.477 e. The van der Waals surface area contributed by atoms with E-state index in [9.17, 15) is 24.3 Å². The first kappa shape index (κ1) is 23.9. The van der Waals surface area contributed by atoms with Crippen LogP contribution in [0.15, 0.2) is 28.1 Å². The zero-order chi connectivity index (χ0) is 24.9. The molecule has 1 aromatic rings. The van der Waals surface area contributed by atoms with Crippen LogP contribution in [0.5, 0.6) is 0 Å². The Morgan fingerprint density at radius 2 is 2.11 bits per heavy atom. The van der Waals surface area contributed by atoms with E-state index in [1.807, 2.05) is 4.90 Å². The summed E-state index contributed by atoms with van der Waals surface area (Å²) in [4.78, 5) is 53.6. The molecule has 0 bridgehead atoms. The molecule has 1 saturated carbocycles. The smallest absolute Gasteiger partial charge is 0.352 e. The van der Waals surface area contributed by atoms with Gasteiger partial charge >= 0.3 is 5.97 Å². The highest BCUT2D eigenvalue weighted by atomic mass is 32.2. The molecule has 1 aliphatic carbocycles. The van der Waals surface area contributed by atoms with Crippen molar-refractivity contribution in [2.75, 3.05) is 18.8 Å². The van der Waals surface area contributed by atoms with Crippen molar-refractivity contribution in [3.8, 4) is 0 Å². The van der Waals surface area contributed by atoms with Crippen molar-refractivity contribution in [1.82, 2.24) is 35.3 Å². The number of amides is 3. The summed E-state index contributed by atoms with van der Waals surface area (Å²) in [7, 11) is 1.66. The van der Waals surface area contributed by atoms with E-state index < -0.39 is 28.5 Å². The van der Waals surface area contributed by atoms with Gasteiger partial charge in [-0.25, -0.2) is 9.48 Å². The number of carbonyl (C=O) groups is 4. The third kappa shape index (κ3) is 4.56. The second-order valence-corrected chi connectivity index (χ2v) is 11.4. The number of nitrogens with zero attached hydrogens (tertiary/aromatic N) is 6. The van der Waals surface area contributed by atoms with Crippen molar-refractivity contribution in [3.05, 3.63) is 22.9 Å². The average molecular weight is 520 g/mol. The molecule has 14 heteroatoms. The number of tetrazole rings is 1. The summed E-state index contributed by atoms with van der Waals surface area (Å²) in [5.41, 5.74) is 0.922. The van der Waals surface area contributed by atoms with Gasteiger partial charge in [-0.3, -0.25) is 19.3 Å². The fourth-order valence-electron chi connectivity index (χ4n) is 4.35. The molecule has 186 valence electrons. The minimum atomic E-state index is -1.22. The number of carboxylic acid groups (broad SMARTS) is 1. The lowest BCUT2D eigenvalue weighted by molar-refractivity contribution is -0.150. The average Bonchev–Trinajstić information content (AvgIpc) is 3.47. The van der Waals surface area contributed by atoms with Gasteiger partial charge in [0.25, 0.3) is 5.91 Å². The molecule has 2 N–H and O–H groups in total. The van der Waals surface area contributed by atoms with Crippen molar-refractivity contribution >= 4 is 47.2 Å². The summed E-state index contributed by atoms with van der Waals surface area (Å²) in [5, 5.41) is 23.1. The summed E-state index contributed by atoms with van der Waals surface area (Å²) in [6.45, 7) is 3.08. The number of thioether (sulfide) groups is 2. The molecule has 3 aliphatic heterocycles. The maximum atomic E-state index is 12.9. The number of rotatable bonds is 8. The van der Waals surface area contributed by atoms with Crippen molar-refractivity contribution in [2.24, 2.45) is 13.0 Å². The second-order valence-electron chi connectivity index (χ2n) is 9.03. The number of aromatic nitrogens is 4. The minimum absolute atomic E-state index is 0.0501. The van der Waals surface area contributed by atoms with Crippen LogP contribution >= 0.6 is 23.5 Å². The number of carbonyl (C=O) groups excluding carboxylic acids is 3. The van der Waals surface area contributed by atoms with E-state index in [1.54, 1.807) is 20.0 Å². The monoisotopic (exact) mass is 519 g/mol. The second kappa shape index (κ2) is 9.30. The number of hydrogen-bond acceptors (Lipinski definition) is 9. The number of aliphatic carboxylic acids is 1. The van der Waals surface area contributed by atoms with Gasteiger partial charge in [-0.2, -0.15) is 0 Å². The van der Waals surface area contributed by atoms with Crippen LogP contribution < -0.4 is 5.32 Å². The standard InChI is InChI=1S/C21H25N7O5S2/c1-10(35-21-23-24-25-26(21)2)16(29)22-14-18(31)28-15(20(32)33)13(9-34-19(14)28)7-12-5-6-27(17(12)30)8-11-3-4-11/h7,10-11,14,19H,3-6,8-9H2,1-2H3,(H,22,29)(H,32,33)/b12-7+. The van der Waals surface area contributed by atoms with Crippen LogP contribution in [0.4, 0.5) is 0 Å². The van der Waals surface area contributed by atoms with Gasteiger partial charge in [0.1, 0.15) is 17.1 Å². The van der Waals surface area contributed by atoms with E-state index in [4.69, 9.17) is 0 Å². The van der Waals surface area contributed by atoms with E-state index in [0.717, 1.165) is 31.1 Å². The zero-order valence-corrected chi connectivity index (χ0v) is 20.8.